The molecule has 1 saturated heterocycles. The monoisotopic (exact) mass is 176 g/mol. The van der Waals surface area contributed by atoms with Crippen molar-refractivity contribution < 1.29 is 24.5 Å². The normalized spacial score (nSPS) is 36.9. The van der Waals surface area contributed by atoms with Gasteiger partial charge in [-0.15, -0.1) is 0 Å². The van der Waals surface area contributed by atoms with Crippen LogP contribution in [-0.2, 0) is 14.3 Å². The largest absolute Gasteiger partial charge is 0.394 e. The number of aliphatic hydroxyl groups is 2. The van der Waals surface area contributed by atoms with Crippen molar-refractivity contribution in [3.05, 3.63) is 0 Å². The SMILES string of the molecule is CO[C@H]1C(=O)C[C@@H](O)O[C@@H]1CO. The zero-order chi connectivity index (χ0) is 9.14. The topological polar surface area (TPSA) is 76.0 Å². The highest BCUT2D eigenvalue weighted by Gasteiger charge is 2.36. The molecular formula is C7H12O5. The molecule has 1 fully saturated rings. The Hall–Kier alpha value is -0.490. The number of rotatable bonds is 2. The molecule has 1 aliphatic heterocycles. The van der Waals surface area contributed by atoms with E-state index < -0.39 is 18.5 Å². The minimum Gasteiger partial charge on any atom is -0.394 e. The molecule has 12 heavy (non-hydrogen) atoms. The van der Waals surface area contributed by atoms with Crippen molar-refractivity contribution in [3.8, 4) is 0 Å². The number of Topliss-reactive ketones (excluding diaryl/α,β-unsaturated/α-hetero) is 1. The van der Waals surface area contributed by atoms with Gasteiger partial charge in [0.15, 0.2) is 12.1 Å². The minimum atomic E-state index is -1.11. The van der Waals surface area contributed by atoms with Crippen molar-refractivity contribution in [1.82, 2.24) is 0 Å². The number of methoxy groups -OCH3 is 1. The lowest BCUT2D eigenvalue weighted by atomic mass is 10.0. The Morgan fingerprint density at radius 1 is 1.75 bits per heavy atom. The predicted octanol–water partition coefficient (Wildman–Crippen LogP) is -1.33. The number of hydrogen-bond donors (Lipinski definition) is 2. The summed E-state index contributed by atoms with van der Waals surface area (Å²) >= 11 is 0. The Labute approximate surface area is 69.9 Å². The molecule has 1 heterocycles. The average Bonchev–Trinajstić information content (AvgIpc) is 2.03. The lowest BCUT2D eigenvalue weighted by Gasteiger charge is -2.30. The zero-order valence-electron chi connectivity index (χ0n) is 6.77. The van der Waals surface area contributed by atoms with E-state index in [1.165, 1.54) is 7.11 Å². The molecule has 0 unspecified atom stereocenters. The first-order chi connectivity index (χ1) is 5.69. The molecule has 0 bridgehead atoms. The van der Waals surface area contributed by atoms with Gasteiger partial charge < -0.3 is 19.7 Å². The van der Waals surface area contributed by atoms with Gasteiger partial charge in [0.1, 0.15) is 12.2 Å². The summed E-state index contributed by atoms with van der Waals surface area (Å²) < 4.78 is 9.68. The molecule has 5 heteroatoms. The third-order valence-electron chi connectivity index (χ3n) is 1.80. The van der Waals surface area contributed by atoms with Crippen LogP contribution in [0.4, 0.5) is 0 Å². The molecule has 0 saturated carbocycles. The van der Waals surface area contributed by atoms with Gasteiger partial charge in [0.25, 0.3) is 0 Å². The van der Waals surface area contributed by atoms with Crippen LogP contribution in [0, 0.1) is 0 Å². The van der Waals surface area contributed by atoms with Gasteiger partial charge in [-0.3, -0.25) is 4.79 Å². The van der Waals surface area contributed by atoms with Gasteiger partial charge in [0, 0.05) is 7.11 Å². The number of carbonyl (C=O) groups excluding carboxylic acids is 1. The fourth-order valence-corrected chi connectivity index (χ4v) is 1.24. The Morgan fingerprint density at radius 2 is 2.42 bits per heavy atom. The van der Waals surface area contributed by atoms with Crippen LogP contribution in [0.2, 0.25) is 0 Å². The summed E-state index contributed by atoms with van der Waals surface area (Å²) in [7, 11) is 1.37. The first kappa shape index (κ1) is 9.60. The zero-order valence-corrected chi connectivity index (χ0v) is 6.77. The Bertz CT molecular complexity index is 169. The number of carbonyl (C=O) groups is 1. The molecule has 0 aromatic carbocycles. The quantitative estimate of drug-likeness (QED) is 0.545. The van der Waals surface area contributed by atoms with E-state index in [9.17, 15) is 4.79 Å². The number of hydrogen-bond acceptors (Lipinski definition) is 5. The number of ether oxygens (including phenoxy) is 2. The second-order valence-electron chi connectivity index (χ2n) is 2.64. The third kappa shape index (κ3) is 1.81. The van der Waals surface area contributed by atoms with Crippen LogP contribution in [0.5, 0.6) is 0 Å². The number of aliphatic hydroxyl groups excluding tert-OH is 2. The minimum absolute atomic E-state index is 0.0744. The summed E-state index contributed by atoms with van der Waals surface area (Å²) in [6, 6.07) is 0. The fourth-order valence-electron chi connectivity index (χ4n) is 1.24. The molecule has 3 atom stereocenters. The molecular weight excluding hydrogens is 164 g/mol. The summed E-state index contributed by atoms with van der Waals surface area (Å²) in [6.45, 7) is -0.332. The maximum absolute atomic E-state index is 11.1. The van der Waals surface area contributed by atoms with Gasteiger partial charge >= 0.3 is 0 Å². The standard InChI is InChI=1S/C7H12O5/c1-11-7-4(9)2-6(10)12-5(7)3-8/h5-8,10H,2-3H2,1H3/t5-,6+,7+/m1/s1. The molecule has 0 spiro atoms. The summed E-state index contributed by atoms with van der Waals surface area (Å²) in [4.78, 5) is 11.1. The molecule has 0 amide bonds. The van der Waals surface area contributed by atoms with Crippen LogP contribution in [0.15, 0.2) is 0 Å². The van der Waals surface area contributed by atoms with Crippen LogP contribution in [-0.4, -0.2) is 48.2 Å². The van der Waals surface area contributed by atoms with E-state index in [0.29, 0.717) is 0 Å². The molecule has 0 aliphatic carbocycles. The highest BCUT2D eigenvalue weighted by Crippen LogP contribution is 2.16. The highest BCUT2D eigenvalue weighted by molar-refractivity contribution is 5.84. The maximum atomic E-state index is 11.1. The van der Waals surface area contributed by atoms with Crippen LogP contribution < -0.4 is 0 Å². The van der Waals surface area contributed by atoms with Crippen molar-refractivity contribution in [2.24, 2.45) is 0 Å². The summed E-state index contributed by atoms with van der Waals surface area (Å²) in [5, 5.41) is 17.7. The highest BCUT2D eigenvalue weighted by atomic mass is 16.6. The average molecular weight is 176 g/mol. The molecule has 2 N–H and O–H groups in total. The van der Waals surface area contributed by atoms with E-state index in [4.69, 9.17) is 19.7 Å². The van der Waals surface area contributed by atoms with Gasteiger partial charge in [-0.05, 0) is 0 Å². The van der Waals surface area contributed by atoms with Crippen LogP contribution in [0.1, 0.15) is 6.42 Å². The van der Waals surface area contributed by atoms with Gasteiger partial charge in [0.2, 0.25) is 0 Å². The summed E-state index contributed by atoms with van der Waals surface area (Å²) in [5.74, 6) is -0.240. The Balaban J connectivity index is 2.63. The van der Waals surface area contributed by atoms with Crippen LogP contribution in [0.25, 0.3) is 0 Å². The number of ketones is 1. The first-order valence-electron chi connectivity index (χ1n) is 3.69. The Kier molecular flexibility index (Phi) is 3.16. The van der Waals surface area contributed by atoms with Crippen molar-refractivity contribution in [2.75, 3.05) is 13.7 Å². The van der Waals surface area contributed by atoms with Crippen molar-refractivity contribution >= 4 is 5.78 Å². The third-order valence-corrected chi connectivity index (χ3v) is 1.80. The molecule has 0 radical (unpaired) electrons. The van der Waals surface area contributed by atoms with Gasteiger partial charge in [-0.1, -0.05) is 0 Å². The molecule has 0 aromatic heterocycles. The Morgan fingerprint density at radius 3 is 2.92 bits per heavy atom. The van der Waals surface area contributed by atoms with E-state index in [0.717, 1.165) is 0 Å². The summed E-state index contributed by atoms with van der Waals surface area (Å²) in [5.41, 5.74) is 0. The van der Waals surface area contributed by atoms with Gasteiger partial charge in [-0.2, -0.15) is 0 Å². The van der Waals surface area contributed by atoms with E-state index in [1.54, 1.807) is 0 Å². The first-order valence-corrected chi connectivity index (χ1v) is 3.69. The molecule has 1 rings (SSSR count). The molecule has 1 aliphatic rings. The molecule has 0 aromatic rings. The van der Waals surface area contributed by atoms with E-state index in [1.807, 2.05) is 0 Å². The lowest BCUT2D eigenvalue weighted by molar-refractivity contribution is -0.209. The van der Waals surface area contributed by atoms with Crippen LogP contribution >= 0.6 is 0 Å². The van der Waals surface area contributed by atoms with Crippen molar-refractivity contribution in [3.63, 3.8) is 0 Å². The van der Waals surface area contributed by atoms with E-state index in [-0.39, 0.29) is 18.8 Å². The van der Waals surface area contributed by atoms with Crippen LogP contribution in [0.3, 0.4) is 0 Å². The predicted molar refractivity (Wildman–Crippen MR) is 38.4 cm³/mol. The van der Waals surface area contributed by atoms with Gasteiger partial charge in [0.05, 0.1) is 13.0 Å². The second-order valence-corrected chi connectivity index (χ2v) is 2.64. The van der Waals surface area contributed by atoms with Crippen molar-refractivity contribution in [1.29, 1.82) is 0 Å². The maximum Gasteiger partial charge on any atom is 0.169 e. The fraction of sp³-hybridized carbons (Fsp3) is 0.857. The smallest absolute Gasteiger partial charge is 0.169 e. The lowest BCUT2D eigenvalue weighted by Crippen LogP contribution is -2.48. The molecule has 70 valence electrons. The van der Waals surface area contributed by atoms with E-state index >= 15 is 0 Å². The van der Waals surface area contributed by atoms with Gasteiger partial charge in [-0.25, -0.2) is 0 Å². The van der Waals surface area contributed by atoms with E-state index in [2.05, 4.69) is 0 Å². The van der Waals surface area contributed by atoms with Crippen molar-refractivity contribution in [2.45, 2.75) is 24.9 Å². The summed E-state index contributed by atoms with van der Waals surface area (Å²) in [6.07, 6.45) is -2.68. The molecule has 5 nitrogen and oxygen atoms in total. The second kappa shape index (κ2) is 3.95.